The van der Waals surface area contributed by atoms with Crippen molar-refractivity contribution in [2.75, 3.05) is 6.61 Å². The average molecular weight is 175 g/mol. The Kier molecular flexibility index (Phi) is 8.35. The summed E-state index contributed by atoms with van der Waals surface area (Å²) in [5.41, 5.74) is 0. The number of nitriles is 1. The number of phosphoric ester groups is 1. The zero-order valence-electron chi connectivity index (χ0n) is 6.52. The van der Waals surface area contributed by atoms with Crippen molar-refractivity contribution in [1.29, 1.82) is 5.26 Å². The van der Waals surface area contributed by atoms with Crippen LogP contribution in [0.1, 0.15) is 7.85 Å². The molecule has 0 rings (SSSR count). The molecule has 2 N–H and O–H groups in total. The molecule has 0 saturated carbocycles. The normalized spacial score (nSPS) is 9.70. The Morgan fingerprint density at radius 3 is 2.50 bits per heavy atom. The van der Waals surface area contributed by atoms with Gasteiger partial charge < -0.3 is 11.2 Å². The van der Waals surface area contributed by atoms with Crippen molar-refractivity contribution in [3.8, 4) is 6.07 Å². The van der Waals surface area contributed by atoms with Crippen molar-refractivity contribution in [3.63, 3.8) is 0 Å². The maximum atomic E-state index is 9.87. The van der Waals surface area contributed by atoms with Crippen LogP contribution in [0, 0.1) is 11.3 Å². The Morgan fingerprint density at radius 1 is 1.70 bits per heavy atom. The molecule has 0 saturated heterocycles. The first-order valence-electron chi connectivity index (χ1n) is 2.13. The third-order valence-electron chi connectivity index (χ3n) is 0.473. The van der Waals surface area contributed by atoms with E-state index >= 15 is 0 Å². The molecule has 0 aromatic rings. The predicted molar refractivity (Wildman–Crippen MR) is 29.3 cm³/mol. The van der Waals surface area contributed by atoms with Crippen molar-refractivity contribution in [2.24, 2.45) is 0 Å². The Balaban J connectivity index is -0.000000320. The summed E-state index contributed by atoms with van der Waals surface area (Å²) in [6.45, 7) is -0.221. The summed E-state index contributed by atoms with van der Waals surface area (Å²) in [7, 11) is -4.35. The second-order valence-corrected chi connectivity index (χ2v) is 2.47. The summed E-state index contributed by atoms with van der Waals surface area (Å²) in [5.74, 6) is 0. The van der Waals surface area contributed by atoms with Gasteiger partial charge in [-0.2, -0.15) is 5.26 Å². The Labute approximate surface area is 82.0 Å². The first kappa shape index (κ1) is 13.2. The first-order valence-corrected chi connectivity index (χ1v) is 3.66. The first-order chi connectivity index (χ1) is 4.06. The van der Waals surface area contributed by atoms with Gasteiger partial charge in [0.25, 0.3) is 0 Å². The Bertz CT molecular complexity index is 165. The number of hydrogen-bond acceptors (Lipinski definition) is 3. The maximum Gasteiger partial charge on any atom is 1.00 e. The van der Waals surface area contributed by atoms with Crippen molar-refractivity contribution < 1.29 is 49.9 Å². The van der Waals surface area contributed by atoms with Gasteiger partial charge in [-0.3, -0.25) is 4.52 Å². The van der Waals surface area contributed by atoms with E-state index in [9.17, 15) is 4.57 Å². The molecule has 0 bridgehead atoms. The van der Waals surface area contributed by atoms with Crippen LogP contribution in [0.3, 0.4) is 0 Å². The zero-order valence-corrected chi connectivity index (χ0v) is 8.41. The van der Waals surface area contributed by atoms with E-state index in [-0.39, 0.29) is 44.0 Å². The van der Waals surface area contributed by atoms with E-state index in [4.69, 9.17) is 15.0 Å². The topological polar surface area (TPSA) is 90.5 Å². The molecule has 0 unspecified atom stereocenters. The number of hydrogen-bond donors (Lipinski definition) is 2. The maximum absolute atomic E-state index is 9.87. The van der Waals surface area contributed by atoms with E-state index in [0.29, 0.717) is 0 Å². The van der Waals surface area contributed by atoms with Crippen LogP contribution in [0.15, 0.2) is 0 Å². The minimum absolute atomic E-state index is 0. The fraction of sp³-hybridized carbons (Fsp3) is 0.667. The standard InChI is InChI=1S/C3H6NO4P.Na.H/c4-2-1-3-8-9(5,6)7;;/h1,3H2,(H2,5,6,7);;/q;+1;-1. The molecule has 0 radical (unpaired) electrons. The number of rotatable bonds is 3. The van der Waals surface area contributed by atoms with E-state index < -0.39 is 7.82 Å². The number of phosphoric acid groups is 1. The van der Waals surface area contributed by atoms with Crippen LogP contribution in [0.5, 0.6) is 0 Å². The van der Waals surface area contributed by atoms with Crippen LogP contribution >= 0.6 is 7.82 Å². The molecule has 10 heavy (non-hydrogen) atoms. The second-order valence-electron chi connectivity index (χ2n) is 1.23. The molecule has 0 spiro atoms. The summed E-state index contributed by atoms with van der Waals surface area (Å²) < 4.78 is 13.8. The molecule has 0 amide bonds. The van der Waals surface area contributed by atoms with E-state index in [1.165, 1.54) is 0 Å². The largest absolute Gasteiger partial charge is 1.00 e. The fourth-order valence-corrected chi connectivity index (χ4v) is 0.539. The Hall–Kier alpha value is 0.600. The smallest absolute Gasteiger partial charge is 1.00 e. The van der Waals surface area contributed by atoms with Gasteiger partial charge >= 0.3 is 37.4 Å². The molecule has 0 fully saturated rings. The second kappa shape index (κ2) is 6.32. The summed E-state index contributed by atoms with van der Waals surface area (Å²) in [6.07, 6.45) is -0.00882. The van der Waals surface area contributed by atoms with E-state index in [0.717, 1.165) is 0 Å². The van der Waals surface area contributed by atoms with E-state index in [1.54, 1.807) is 6.07 Å². The molecule has 0 aliphatic carbocycles. The fourth-order valence-electron chi connectivity index (χ4n) is 0.210. The van der Waals surface area contributed by atoms with Gasteiger partial charge in [0.1, 0.15) is 0 Å². The minimum Gasteiger partial charge on any atom is -1.00 e. The van der Waals surface area contributed by atoms with E-state index in [1.807, 2.05) is 0 Å². The SMILES string of the molecule is N#CCCOP(=O)(O)O.[H-].[Na+]. The van der Waals surface area contributed by atoms with Gasteiger partial charge in [0, 0.05) is 0 Å². The molecule has 0 aromatic carbocycles. The average Bonchev–Trinajstić information content (AvgIpc) is 1.63. The van der Waals surface area contributed by atoms with Crippen LogP contribution in [-0.4, -0.2) is 16.4 Å². The van der Waals surface area contributed by atoms with Crippen LogP contribution in [0.4, 0.5) is 0 Å². The molecular weight excluding hydrogens is 168 g/mol. The number of nitrogens with zero attached hydrogens (tertiary/aromatic N) is 1. The van der Waals surface area contributed by atoms with Gasteiger partial charge in [0.2, 0.25) is 0 Å². The zero-order chi connectivity index (χ0) is 7.33. The predicted octanol–water partition coefficient (Wildman–Crippen LogP) is -2.87. The minimum atomic E-state index is -4.35. The van der Waals surface area contributed by atoms with Gasteiger partial charge in [0.15, 0.2) is 0 Å². The third-order valence-corrected chi connectivity index (χ3v) is 0.992. The molecule has 5 nitrogen and oxygen atoms in total. The van der Waals surface area contributed by atoms with Crippen molar-refractivity contribution in [3.05, 3.63) is 0 Å². The van der Waals surface area contributed by atoms with Gasteiger partial charge in [-0.15, -0.1) is 0 Å². The molecule has 0 atom stereocenters. The summed E-state index contributed by atoms with van der Waals surface area (Å²) in [6, 6.07) is 1.67. The molecule has 7 heteroatoms. The van der Waals surface area contributed by atoms with Crippen LogP contribution in [0.25, 0.3) is 0 Å². The van der Waals surface area contributed by atoms with E-state index in [2.05, 4.69) is 4.52 Å². The van der Waals surface area contributed by atoms with Gasteiger partial charge in [-0.25, -0.2) is 4.57 Å². The Morgan fingerprint density at radius 2 is 2.20 bits per heavy atom. The molecule has 54 valence electrons. The van der Waals surface area contributed by atoms with Crippen molar-refractivity contribution >= 4 is 7.82 Å². The summed E-state index contributed by atoms with van der Waals surface area (Å²) >= 11 is 0. The van der Waals surface area contributed by atoms with Gasteiger partial charge in [-0.05, 0) is 0 Å². The quantitative estimate of drug-likeness (QED) is 0.273. The summed E-state index contributed by atoms with van der Waals surface area (Å²) in [5, 5.41) is 7.88. The molecule has 0 heterocycles. The van der Waals surface area contributed by atoms with Gasteiger partial charge in [0.05, 0.1) is 19.1 Å². The molecule has 0 aliphatic heterocycles. The molecule has 0 aliphatic rings. The third kappa shape index (κ3) is 11.4. The van der Waals surface area contributed by atoms with Crippen LogP contribution in [0.2, 0.25) is 0 Å². The summed E-state index contributed by atoms with van der Waals surface area (Å²) in [4.78, 5) is 16.0. The monoisotopic (exact) mass is 175 g/mol. The van der Waals surface area contributed by atoms with Crippen molar-refractivity contribution in [1.82, 2.24) is 0 Å². The molecule has 0 aromatic heterocycles. The van der Waals surface area contributed by atoms with Crippen LogP contribution in [-0.2, 0) is 9.09 Å². The molecular formula is C3H7NNaO4P. The van der Waals surface area contributed by atoms with Gasteiger partial charge in [-0.1, -0.05) is 0 Å². The van der Waals surface area contributed by atoms with Crippen LogP contribution < -0.4 is 29.6 Å². The van der Waals surface area contributed by atoms with Crippen molar-refractivity contribution in [2.45, 2.75) is 6.42 Å².